The van der Waals surface area contributed by atoms with Crippen molar-refractivity contribution in [2.45, 2.75) is 33.2 Å². The maximum absolute atomic E-state index is 12.6. The summed E-state index contributed by atoms with van der Waals surface area (Å²) in [5, 5.41) is 2.86. The molecular weight excluding hydrogens is 364 g/mol. The fourth-order valence-corrected chi connectivity index (χ4v) is 4.69. The molecule has 1 N–H and O–H groups in total. The van der Waals surface area contributed by atoms with Crippen molar-refractivity contribution in [3.8, 4) is 5.75 Å². The SMILES string of the molecule is CCOc1ccc(NC(=O)c2ccc3c(c2)C[C@@H](C)N3S(=O)(=O)CC)cc1. The molecule has 0 spiro atoms. The van der Waals surface area contributed by atoms with Crippen molar-refractivity contribution in [2.75, 3.05) is 22.0 Å². The molecule has 27 heavy (non-hydrogen) atoms. The summed E-state index contributed by atoms with van der Waals surface area (Å²) >= 11 is 0. The Morgan fingerprint density at radius 1 is 1.19 bits per heavy atom. The van der Waals surface area contributed by atoms with E-state index < -0.39 is 10.0 Å². The molecule has 1 atom stereocenters. The zero-order valence-corrected chi connectivity index (χ0v) is 16.5. The standard InChI is InChI=1S/C20H24N2O4S/c1-4-26-18-9-7-17(8-10-18)21-20(23)15-6-11-19-16(13-15)12-14(3)22(19)27(24,25)5-2/h6-11,13-14H,4-5,12H2,1-3H3,(H,21,23)/t14-/m1/s1. The maximum atomic E-state index is 12.6. The number of fused-ring (bicyclic) bond motifs is 1. The average Bonchev–Trinajstić information content (AvgIpc) is 2.99. The summed E-state index contributed by atoms with van der Waals surface area (Å²) in [5.41, 5.74) is 2.72. The second kappa shape index (κ2) is 7.60. The van der Waals surface area contributed by atoms with E-state index in [0.29, 0.717) is 30.0 Å². The third-order valence-electron chi connectivity index (χ3n) is 4.58. The van der Waals surface area contributed by atoms with Crippen LogP contribution in [-0.4, -0.2) is 32.7 Å². The molecule has 0 aromatic heterocycles. The normalized spacial score (nSPS) is 16.1. The minimum Gasteiger partial charge on any atom is -0.494 e. The number of rotatable bonds is 6. The number of sulfonamides is 1. The Hall–Kier alpha value is -2.54. The molecule has 0 fully saturated rings. The van der Waals surface area contributed by atoms with Crippen LogP contribution in [0.15, 0.2) is 42.5 Å². The van der Waals surface area contributed by atoms with Crippen LogP contribution in [0.3, 0.4) is 0 Å². The van der Waals surface area contributed by atoms with Crippen molar-refractivity contribution < 1.29 is 17.9 Å². The number of hydrogen-bond donors (Lipinski definition) is 1. The van der Waals surface area contributed by atoms with Gasteiger partial charge in [0.05, 0.1) is 18.0 Å². The van der Waals surface area contributed by atoms with Gasteiger partial charge in [0.2, 0.25) is 10.0 Å². The molecule has 3 rings (SSSR count). The zero-order valence-electron chi connectivity index (χ0n) is 15.7. The smallest absolute Gasteiger partial charge is 0.255 e. The van der Waals surface area contributed by atoms with Gasteiger partial charge in [0.25, 0.3) is 5.91 Å². The first-order chi connectivity index (χ1) is 12.9. The Kier molecular flexibility index (Phi) is 5.41. The highest BCUT2D eigenvalue weighted by atomic mass is 32.2. The van der Waals surface area contributed by atoms with Gasteiger partial charge in [0.1, 0.15) is 5.75 Å². The maximum Gasteiger partial charge on any atom is 0.255 e. The number of benzene rings is 2. The molecule has 144 valence electrons. The van der Waals surface area contributed by atoms with Gasteiger partial charge in [-0.05, 0) is 75.2 Å². The number of nitrogens with zero attached hydrogens (tertiary/aromatic N) is 1. The van der Waals surface area contributed by atoms with Crippen LogP contribution in [0.1, 0.15) is 36.7 Å². The van der Waals surface area contributed by atoms with Crippen LogP contribution in [0.4, 0.5) is 11.4 Å². The summed E-state index contributed by atoms with van der Waals surface area (Å²) < 4.78 is 31.6. The number of nitrogens with one attached hydrogen (secondary N) is 1. The minimum atomic E-state index is -3.33. The fourth-order valence-electron chi connectivity index (χ4n) is 3.31. The first kappa shape index (κ1) is 19.2. The van der Waals surface area contributed by atoms with Crippen molar-refractivity contribution in [3.63, 3.8) is 0 Å². The van der Waals surface area contributed by atoms with E-state index in [-0.39, 0.29) is 17.7 Å². The van der Waals surface area contributed by atoms with Crippen molar-refractivity contribution >= 4 is 27.3 Å². The van der Waals surface area contributed by atoms with Gasteiger partial charge >= 0.3 is 0 Å². The molecule has 0 bridgehead atoms. The van der Waals surface area contributed by atoms with E-state index in [4.69, 9.17) is 4.74 Å². The summed E-state index contributed by atoms with van der Waals surface area (Å²) in [6, 6.07) is 12.2. The van der Waals surface area contributed by atoms with E-state index in [1.165, 1.54) is 4.31 Å². The molecule has 1 heterocycles. The van der Waals surface area contributed by atoms with E-state index in [0.717, 1.165) is 11.3 Å². The lowest BCUT2D eigenvalue weighted by molar-refractivity contribution is 0.102. The van der Waals surface area contributed by atoms with Crippen LogP contribution >= 0.6 is 0 Å². The molecule has 0 saturated carbocycles. The number of carbonyl (C=O) groups excluding carboxylic acids is 1. The van der Waals surface area contributed by atoms with Crippen molar-refractivity contribution in [1.29, 1.82) is 0 Å². The van der Waals surface area contributed by atoms with E-state index in [1.807, 2.05) is 13.8 Å². The second-order valence-electron chi connectivity index (χ2n) is 6.50. The van der Waals surface area contributed by atoms with Crippen molar-refractivity contribution in [2.24, 2.45) is 0 Å². The average molecular weight is 388 g/mol. The highest BCUT2D eigenvalue weighted by molar-refractivity contribution is 7.92. The monoisotopic (exact) mass is 388 g/mol. The number of amides is 1. The molecule has 0 radical (unpaired) electrons. The van der Waals surface area contributed by atoms with E-state index in [1.54, 1.807) is 49.4 Å². The van der Waals surface area contributed by atoms with Crippen LogP contribution in [0, 0.1) is 0 Å². The Bertz CT molecular complexity index is 939. The molecule has 1 aliphatic heterocycles. The molecular formula is C20H24N2O4S. The molecule has 0 saturated heterocycles. The van der Waals surface area contributed by atoms with Crippen LogP contribution in [0.25, 0.3) is 0 Å². The second-order valence-corrected chi connectivity index (χ2v) is 8.64. The van der Waals surface area contributed by atoms with Gasteiger partial charge in [-0.1, -0.05) is 0 Å². The third kappa shape index (κ3) is 3.93. The van der Waals surface area contributed by atoms with Crippen LogP contribution < -0.4 is 14.4 Å². The van der Waals surface area contributed by atoms with Gasteiger partial charge in [0.15, 0.2) is 0 Å². The summed E-state index contributed by atoms with van der Waals surface area (Å²) in [6.07, 6.45) is 0.596. The predicted octanol–water partition coefficient (Wildman–Crippen LogP) is 3.44. The first-order valence-corrected chi connectivity index (χ1v) is 10.7. The Balaban J connectivity index is 1.79. The summed E-state index contributed by atoms with van der Waals surface area (Å²) in [5.74, 6) is 0.571. The number of hydrogen-bond acceptors (Lipinski definition) is 4. The quantitative estimate of drug-likeness (QED) is 0.822. The highest BCUT2D eigenvalue weighted by Crippen LogP contribution is 2.35. The molecule has 1 amide bonds. The molecule has 2 aromatic rings. The largest absolute Gasteiger partial charge is 0.494 e. The van der Waals surface area contributed by atoms with Crippen molar-refractivity contribution in [1.82, 2.24) is 0 Å². The molecule has 1 aliphatic rings. The molecule has 2 aromatic carbocycles. The fraction of sp³-hybridized carbons (Fsp3) is 0.350. The van der Waals surface area contributed by atoms with Crippen molar-refractivity contribution in [3.05, 3.63) is 53.6 Å². The molecule has 0 aliphatic carbocycles. The predicted molar refractivity (Wildman–Crippen MR) is 107 cm³/mol. The van der Waals surface area contributed by atoms with Gasteiger partial charge in [0, 0.05) is 17.3 Å². The van der Waals surface area contributed by atoms with Gasteiger partial charge < -0.3 is 10.1 Å². The van der Waals surface area contributed by atoms with E-state index >= 15 is 0 Å². The molecule has 7 heteroatoms. The van der Waals surface area contributed by atoms with E-state index in [9.17, 15) is 13.2 Å². The lowest BCUT2D eigenvalue weighted by atomic mass is 10.1. The Morgan fingerprint density at radius 3 is 2.52 bits per heavy atom. The minimum absolute atomic E-state index is 0.0523. The topological polar surface area (TPSA) is 75.7 Å². The number of ether oxygens (including phenoxy) is 1. The summed E-state index contributed by atoms with van der Waals surface area (Å²) in [7, 11) is -3.33. The Morgan fingerprint density at radius 2 is 1.89 bits per heavy atom. The van der Waals surface area contributed by atoms with Gasteiger partial charge in [-0.2, -0.15) is 0 Å². The lowest BCUT2D eigenvalue weighted by Crippen LogP contribution is -2.36. The highest BCUT2D eigenvalue weighted by Gasteiger charge is 2.34. The molecule has 0 unspecified atom stereocenters. The Labute approximate surface area is 160 Å². The van der Waals surface area contributed by atoms with E-state index in [2.05, 4.69) is 5.32 Å². The zero-order chi connectivity index (χ0) is 19.6. The van der Waals surface area contributed by atoms with Gasteiger partial charge in [-0.3, -0.25) is 9.10 Å². The number of carbonyl (C=O) groups is 1. The summed E-state index contributed by atoms with van der Waals surface area (Å²) in [6.45, 7) is 6.02. The summed E-state index contributed by atoms with van der Waals surface area (Å²) in [4.78, 5) is 12.6. The van der Waals surface area contributed by atoms with Gasteiger partial charge in [-0.25, -0.2) is 8.42 Å². The lowest BCUT2D eigenvalue weighted by Gasteiger charge is -2.23. The van der Waals surface area contributed by atoms with Crippen LogP contribution in [0.2, 0.25) is 0 Å². The first-order valence-electron chi connectivity index (χ1n) is 9.05. The van der Waals surface area contributed by atoms with Gasteiger partial charge in [-0.15, -0.1) is 0 Å². The van der Waals surface area contributed by atoms with Crippen LogP contribution in [-0.2, 0) is 16.4 Å². The third-order valence-corrected chi connectivity index (χ3v) is 6.47. The van der Waals surface area contributed by atoms with Crippen LogP contribution in [0.5, 0.6) is 5.75 Å². The number of anilines is 2. The molecule has 6 nitrogen and oxygen atoms in total.